The average molecular weight is 433 g/mol. The first kappa shape index (κ1) is 21.9. The second-order valence-corrected chi connectivity index (χ2v) is 9.85. The van der Waals surface area contributed by atoms with Gasteiger partial charge in [-0.3, -0.25) is 4.55 Å². The van der Waals surface area contributed by atoms with Crippen molar-refractivity contribution in [3.05, 3.63) is 69.0 Å². The van der Waals surface area contributed by atoms with Gasteiger partial charge in [0.25, 0.3) is 10.1 Å². The Morgan fingerprint density at radius 1 is 1.00 bits per heavy atom. The average Bonchev–Trinajstić information content (AvgIpc) is 2.95. The van der Waals surface area contributed by atoms with Crippen molar-refractivity contribution in [3.63, 3.8) is 0 Å². The fraction of sp³-hybridized carbons (Fsp3) is 0.167. The summed E-state index contributed by atoms with van der Waals surface area (Å²) in [7, 11) is -0.910. The first-order valence-electron chi connectivity index (χ1n) is 7.66. The monoisotopic (exact) mass is 432 g/mol. The van der Waals surface area contributed by atoms with Gasteiger partial charge in [-0.1, -0.05) is 76.2 Å². The van der Waals surface area contributed by atoms with Crippen LogP contribution < -0.4 is 29.6 Å². The molecule has 26 heavy (non-hydrogen) atoms. The number of aryl methyl sites for hydroxylation is 1. The summed E-state index contributed by atoms with van der Waals surface area (Å²) >= 11 is 5.50. The largest absolute Gasteiger partial charge is 1.00 e. The molecule has 0 saturated carbocycles. The fourth-order valence-electron chi connectivity index (χ4n) is 2.52. The van der Waals surface area contributed by atoms with Gasteiger partial charge in [0.05, 0.1) is 9.77 Å². The van der Waals surface area contributed by atoms with E-state index in [1.54, 1.807) is 32.8 Å². The maximum atomic E-state index is 11.1. The van der Waals surface area contributed by atoms with Gasteiger partial charge in [-0.2, -0.15) is 8.42 Å². The van der Waals surface area contributed by atoms with E-state index in [1.165, 1.54) is 17.7 Å². The molecule has 1 N–H and O–H groups in total. The van der Waals surface area contributed by atoms with Crippen molar-refractivity contribution in [1.29, 1.82) is 0 Å². The van der Waals surface area contributed by atoms with E-state index in [-0.39, 0.29) is 35.9 Å². The van der Waals surface area contributed by atoms with Crippen LogP contribution in [0.3, 0.4) is 0 Å². The van der Waals surface area contributed by atoms with E-state index in [1.807, 2.05) is 0 Å². The molecule has 0 spiro atoms. The van der Waals surface area contributed by atoms with Gasteiger partial charge in [-0.15, -0.1) is 0 Å². The topological polar surface area (TPSA) is 54.4 Å². The summed E-state index contributed by atoms with van der Waals surface area (Å²) in [4.78, 5) is 1.06. The van der Waals surface area contributed by atoms with Crippen molar-refractivity contribution in [3.8, 4) is 10.4 Å². The van der Waals surface area contributed by atoms with E-state index in [0.29, 0.717) is 6.42 Å². The van der Waals surface area contributed by atoms with Gasteiger partial charge in [-0.05, 0) is 35.2 Å². The van der Waals surface area contributed by atoms with Crippen LogP contribution in [0, 0.1) is 3.82 Å². The van der Waals surface area contributed by atoms with Crippen molar-refractivity contribution in [2.24, 2.45) is 0 Å². The molecule has 0 radical (unpaired) electrons. The van der Waals surface area contributed by atoms with Crippen LogP contribution in [0.15, 0.2) is 53.4 Å². The minimum Gasteiger partial charge on any atom is -1.00 e. The van der Waals surface area contributed by atoms with Crippen LogP contribution in [0.5, 0.6) is 0 Å². The van der Waals surface area contributed by atoms with Gasteiger partial charge in [-0.25, -0.2) is 0 Å². The maximum Gasteiger partial charge on any atom is 1.00 e. The van der Waals surface area contributed by atoms with E-state index < -0.39 is 10.1 Å². The van der Waals surface area contributed by atoms with Crippen LogP contribution in [0.1, 0.15) is 25.0 Å². The van der Waals surface area contributed by atoms with E-state index in [4.69, 9.17) is 16.8 Å². The molecule has 2 aromatic carbocycles. The van der Waals surface area contributed by atoms with Crippen LogP contribution in [-0.2, 0) is 23.0 Å². The molecule has 1 aromatic heterocycles. The third-order valence-corrected chi connectivity index (χ3v) is 8.01. The zero-order valence-electron chi connectivity index (χ0n) is 15.4. The number of hydrogen-bond donors (Lipinski definition) is 1. The molecule has 0 amide bonds. The third-order valence-electron chi connectivity index (χ3n) is 3.95. The van der Waals surface area contributed by atoms with Crippen molar-refractivity contribution >= 4 is 43.0 Å². The molecule has 0 aliphatic heterocycles. The van der Waals surface area contributed by atoms with Crippen LogP contribution in [-0.4, -0.2) is 13.0 Å². The zero-order chi connectivity index (χ0) is 18.0. The Balaban J connectivity index is 0.00000182. The summed E-state index contributed by atoms with van der Waals surface area (Å²) in [5, 5.41) is 0. The summed E-state index contributed by atoms with van der Waals surface area (Å²) in [6.07, 6.45) is 1.64. The molecule has 0 unspecified atom stereocenters. The number of benzene rings is 2. The summed E-state index contributed by atoms with van der Waals surface area (Å²) in [6.45, 7) is 2.13. The molecule has 132 valence electrons. The Morgan fingerprint density at radius 2 is 1.58 bits per heavy atom. The van der Waals surface area contributed by atoms with Crippen molar-refractivity contribution < 1.29 is 44.0 Å². The first-order chi connectivity index (χ1) is 11.9. The van der Waals surface area contributed by atoms with Crippen LogP contribution in [0.25, 0.3) is 10.4 Å². The van der Waals surface area contributed by atoms with Gasteiger partial charge in [0.2, 0.25) is 0 Å². The normalized spacial score (nSPS) is 11.2. The Kier molecular flexibility index (Phi) is 7.76. The second kappa shape index (κ2) is 9.21. The molecule has 1 heterocycles. The van der Waals surface area contributed by atoms with Gasteiger partial charge >= 0.3 is 29.6 Å². The van der Waals surface area contributed by atoms with E-state index in [0.717, 1.165) is 31.8 Å². The zero-order valence-corrected chi connectivity index (χ0v) is 19.7. The van der Waals surface area contributed by atoms with Crippen LogP contribution >= 0.6 is 32.9 Å². The maximum absolute atomic E-state index is 11.1. The Labute approximate surface area is 189 Å². The van der Waals surface area contributed by atoms with E-state index in [2.05, 4.69) is 31.2 Å². The minimum absolute atomic E-state index is 0. The molecule has 3 rings (SSSR count). The van der Waals surface area contributed by atoms with Crippen molar-refractivity contribution in [1.82, 2.24) is 0 Å². The minimum atomic E-state index is -4.16. The molecule has 0 saturated heterocycles. The molecule has 0 fully saturated rings. The summed E-state index contributed by atoms with van der Waals surface area (Å²) in [5.41, 5.74) is 4.49. The van der Waals surface area contributed by atoms with Gasteiger partial charge in [0, 0.05) is 12.0 Å². The second-order valence-electron chi connectivity index (χ2n) is 5.61. The summed E-state index contributed by atoms with van der Waals surface area (Å²) in [6, 6.07) is 14.8. The van der Waals surface area contributed by atoms with Crippen molar-refractivity contribution in [2.75, 3.05) is 0 Å². The Morgan fingerprint density at radius 3 is 2.12 bits per heavy atom. The molecule has 3 aromatic rings. The van der Waals surface area contributed by atoms with Gasteiger partial charge in [0.15, 0.2) is 0 Å². The first-order valence-corrected chi connectivity index (χ1v) is 11.7. The number of rotatable bonds is 5. The van der Waals surface area contributed by atoms with E-state index in [9.17, 15) is 8.42 Å². The van der Waals surface area contributed by atoms with Crippen LogP contribution in [0.4, 0.5) is 0 Å². The molecule has 0 aliphatic carbocycles. The number of hydrogen-bond acceptors (Lipinski definition) is 5. The predicted octanol–water partition coefficient (Wildman–Crippen LogP) is 2.72. The standard InChI is InChI=1S/C18H16O3S4.Na.H/c1-2-12-3-7-14(8-4-12)17-16(18(22)24-23-17)11-13-5-9-15(10-6-13)25(19,20)21;;/h3-10H,2,11H2,1H3,(H,19,20,21);;/q;+1;-1. The third kappa shape index (κ3) is 5.11. The summed E-state index contributed by atoms with van der Waals surface area (Å²) in [5.74, 6) is 0. The summed E-state index contributed by atoms with van der Waals surface area (Å²) < 4.78 is 32.2. The van der Waals surface area contributed by atoms with Crippen LogP contribution in [0.2, 0.25) is 0 Å². The smallest absolute Gasteiger partial charge is 1.00 e. The molecule has 0 atom stereocenters. The molecular formula is C18H17NaO3S4. The Hall–Kier alpha value is -0.380. The molecule has 8 heteroatoms. The Bertz CT molecular complexity index is 1040. The predicted molar refractivity (Wildman–Crippen MR) is 108 cm³/mol. The molecule has 3 nitrogen and oxygen atoms in total. The fourth-order valence-corrected chi connectivity index (χ4v) is 5.92. The van der Waals surface area contributed by atoms with Gasteiger partial charge in [0.1, 0.15) is 3.82 Å². The molecular weight excluding hydrogens is 415 g/mol. The van der Waals surface area contributed by atoms with Crippen molar-refractivity contribution in [2.45, 2.75) is 24.7 Å². The SMILES string of the molecule is CCc1ccc(-c2ssc(=S)c2Cc2ccc(S(=O)(=O)O)cc2)cc1.[H-].[Na+]. The molecule has 0 bridgehead atoms. The van der Waals surface area contributed by atoms with Gasteiger partial charge < -0.3 is 1.43 Å². The molecule has 0 aliphatic rings. The van der Waals surface area contributed by atoms with E-state index >= 15 is 0 Å². The quantitative estimate of drug-likeness (QED) is 0.292.